The summed E-state index contributed by atoms with van der Waals surface area (Å²) in [7, 11) is 1.61. The molecule has 2 fully saturated rings. The van der Waals surface area contributed by atoms with Gasteiger partial charge in [-0.25, -0.2) is 0 Å². The highest BCUT2D eigenvalue weighted by molar-refractivity contribution is 5.13. The van der Waals surface area contributed by atoms with E-state index in [1.54, 1.807) is 7.11 Å². The van der Waals surface area contributed by atoms with Gasteiger partial charge < -0.3 is 18.9 Å². The van der Waals surface area contributed by atoms with Gasteiger partial charge in [0.05, 0.1) is 25.7 Å². The lowest BCUT2D eigenvalue weighted by Gasteiger charge is -2.28. The molecule has 0 aromatic heterocycles. The molecule has 0 spiro atoms. The van der Waals surface area contributed by atoms with Gasteiger partial charge in [0.25, 0.3) is 0 Å². The lowest BCUT2D eigenvalue weighted by molar-refractivity contribution is -0.174. The molecule has 2 unspecified atom stereocenters. The Hall–Kier alpha value is -0.420. The van der Waals surface area contributed by atoms with E-state index < -0.39 is 5.79 Å². The van der Waals surface area contributed by atoms with Crippen LogP contribution in [0.3, 0.4) is 0 Å². The molecule has 2 aliphatic heterocycles. The standard InChI is InChI=1S/C10H16O4/c1-7-8(6-12-9(7)11-3)10(2)13-4-5-14-10/h8-9H,1,4-6H2,2-3H3. The molecule has 4 heteroatoms. The summed E-state index contributed by atoms with van der Waals surface area (Å²) in [5, 5.41) is 0. The van der Waals surface area contributed by atoms with Crippen LogP contribution in [0.15, 0.2) is 12.2 Å². The van der Waals surface area contributed by atoms with Crippen LogP contribution in [0, 0.1) is 5.92 Å². The van der Waals surface area contributed by atoms with Gasteiger partial charge in [-0.15, -0.1) is 0 Å². The fraction of sp³-hybridized carbons (Fsp3) is 0.800. The van der Waals surface area contributed by atoms with Crippen LogP contribution in [0.25, 0.3) is 0 Å². The second kappa shape index (κ2) is 3.62. The summed E-state index contributed by atoms with van der Waals surface area (Å²) in [6.07, 6.45) is -0.315. The third-order valence-electron chi connectivity index (χ3n) is 2.87. The minimum Gasteiger partial charge on any atom is -0.352 e. The van der Waals surface area contributed by atoms with Crippen molar-refractivity contribution < 1.29 is 18.9 Å². The first kappa shape index (κ1) is 10.1. The van der Waals surface area contributed by atoms with Crippen molar-refractivity contribution in [1.29, 1.82) is 0 Å². The summed E-state index contributed by atoms with van der Waals surface area (Å²) in [6, 6.07) is 0. The SMILES string of the molecule is C=C1C(OC)OCC1C1(C)OCCO1. The first-order chi connectivity index (χ1) is 6.67. The molecule has 4 nitrogen and oxygen atoms in total. The van der Waals surface area contributed by atoms with E-state index in [0.717, 1.165) is 5.57 Å². The molecule has 2 aliphatic rings. The van der Waals surface area contributed by atoms with E-state index in [1.165, 1.54) is 0 Å². The van der Waals surface area contributed by atoms with Crippen LogP contribution < -0.4 is 0 Å². The molecule has 0 N–H and O–H groups in total. The van der Waals surface area contributed by atoms with E-state index in [2.05, 4.69) is 6.58 Å². The van der Waals surface area contributed by atoms with E-state index in [1.807, 2.05) is 6.92 Å². The molecule has 0 aliphatic carbocycles. The summed E-state index contributed by atoms with van der Waals surface area (Å²) in [5.41, 5.74) is 0.900. The molecule has 2 atom stereocenters. The van der Waals surface area contributed by atoms with Gasteiger partial charge in [-0.2, -0.15) is 0 Å². The monoisotopic (exact) mass is 200 g/mol. The van der Waals surface area contributed by atoms with Crippen LogP contribution in [0.4, 0.5) is 0 Å². The summed E-state index contributed by atoms with van der Waals surface area (Å²) in [4.78, 5) is 0. The van der Waals surface area contributed by atoms with Gasteiger partial charge >= 0.3 is 0 Å². The van der Waals surface area contributed by atoms with Crippen molar-refractivity contribution in [2.45, 2.75) is 19.0 Å². The Kier molecular flexibility index (Phi) is 2.62. The van der Waals surface area contributed by atoms with E-state index in [9.17, 15) is 0 Å². The maximum absolute atomic E-state index is 5.57. The van der Waals surface area contributed by atoms with Crippen molar-refractivity contribution in [3.63, 3.8) is 0 Å². The van der Waals surface area contributed by atoms with Gasteiger partial charge in [-0.1, -0.05) is 6.58 Å². The summed E-state index contributed by atoms with van der Waals surface area (Å²) < 4.78 is 21.7. The van der Waals surface area contributed by atoms with Gasteiger partial charge in [-0.05, 0) is 12.5 Å². The minimum absolute atomic E-state index is 0.0648. The van der Waals surface area contributed by atoms with E-state index in [4.69, 9.17) is 18.9 Å². The van der Waals surface area contributed by atoms with Crippen LogP contribution in [0.5, 0.6) is 0 Å². The van der Waals surface area contributed by atoms with Gasteiger partial charge in [-0.3, -0.25) is 0 Å². The fourth-order valence-electron chi connectivity index (χ4n) is 2.00. The third-order valence-corrected chi connectivity index (χ3v) is 2.87. The Morgan fingerprint density at radius 1 is 1.43 bits per heavy atom. The van der Waals surface area contributed by atoms with Crippen LogP contribution in [-0.4, -0.2) is 39.0 Å². The van der Waals surface area contributed by atoms with Gasteiger partial charge in [0, 0.05) is 7.11 Å². The Morgan fingerprint density at radius 2 is 2.07 bits per heavy atom. The summed E-state index contributed by atoms with van der Waals surface area (Å²) in [5.74, 6) is -0.514. The second-order valence-corrected chi connectivity index (χ2v) is 3.74. The first-order valence-corrected chi connectivity index (χ1v) is 4.78. The van der Waals surface area contributed by atoms with Crippen LogP contribution >= 0.6 is 0 Å². The highest BCUT2D eigenvalue weighted by atomic mass is 16.7. The lowest BCUT2D eigenvalue weighted by Crippen LogP contribution is -2.37. The Labute approximate surface area is 83.8 Å². The summed E-state index contributed by atoms with van der Waals surface area (Å²) >= 11 is 0. The smallest absolute Gasteiger partial charge is 0.179 e. The molecule has 2 heterocycles. The van der Waals surface area contributed by atoms with Crippen LogP contribution in [0.1, 0.15) is 6.92 Å². The molecule has 2 saturated heterocycles. The average Bonchev–Trinajstić information content (AvgIpc) is 2.73. The summed E-state index contributed by atoms with van der Waals surface area (Å²) in [6.45, 7) is 7.72. The molecule has 2 rings (SSSR count). The number of ether oxygens (including phenoxy) is 4. The average molecular weight is 200 g/mol. The number of hydrogen-bond acceptors (Lipinski definition) is 4. The van der Waals surface area contributed by atoms with Crippen molar-refractivity contribution in [1.82, 2.24) is 0 Å². The zero-order valence-electron chi connectivity index (χ0n) is 8.62. The predicted molar refractivity (Wildman–Crippen MR) is 49.7 cm³/mol. The number of rotatable bonds is 2. The Morgan fingerprint density at radius 3 is 2.57 bits per heavy atom. The maximum atomic E-state index is 5.57. The third kappa shape index (κ3) is 1.48. The molecule has 0 aromatic rings. The topological polar surface area (TPSA) is 36.9 Å². The normalized spacial score (nSPS) is 36.6. The zero-order chi connectivity index (χ0) is 10.2. The van der Waals surface area contributed by atoms with Crippen molar-refractivity contribution >= 4 is 0 Å². The molecule has 80 valence electrons. The van der Waals surface area contributed by atoms with Crippen LogP contribution in [-0.2, 0) is 18.9 Å². The molecule has 0 radical (unpaired) electrons. The zero-order valence-corrected chi connectivity index (χ0v) is 8.62. The first-order valence-electron chi connectivity index (χ1n) is 4.78. The highest BCUT2D eigenvalue weighted by Gasteiger charge is 2.47. The van der Waals surface area contributed by atoms with Gasteiger partial charge in [0.2, 0.25) is 0 Å². The predicted octanol–water partition coefficient (Wildman–Crippen LogP) is 0.925. The molecular weight excluding hydrogens is 184 g/mol. The van der Waals surface area contributed by atoms with Gasteiger partial charge in [0.1, 0.15) is 0 Å². The van der Waals surface area contributed by atoms with E-state index in [0.29, 0.717) is 19.8 Å². The quantitative estimate of drug-likeness (QED) is 0.621. The minimum atomic E-state index is -0.579. The van der Waals surface area contributed by atoms with E-state index >= 15 is 0 Å². The van der Waals surface area contributed by atoms with Crippen LogP contribution in [0.2, 0.25) is 0 Å². The molecule has 14 heavy (non-hydrogen) atoms. The number of methoxy groups -OCH3 is 1. The second-order valence-electron chi connectivity index (χ2n) is 3.74. The molecule has 0 aromatic carbocycles. The Bertz CT molecular complexity index is 232. The van der Waals surface area contributed by atoms with Crippen molar-refractivity contribution in [2.75, 3.05) is 26.9 Å². The molecular formula is C10H16O4. The maximum Gasteiger partial charge on any atom is 0.179 e. The fourth-order valence-corrected chi connectivity index (χ4v) is 2.00. The van der Waals surface area contributed by atoms with Crippen molar-refractivity contribution in [3.05, 3.63) is 12.2 Å². The van der Waals surface area contributed by atoms with Gasteiger partial charge in [0.15, 0.2) is 12.1 Å². The molecule has 0 saturated carbocycles. The highest BCUT2D eigenvalue weighted by Crippen LogP contribution is 2.38. The van der Waals surface area contributed by atoms with Crippen molar-refractivity contribution in [3.8, 4) is 0 Å². The van der Waals surface area contributed by atoms with E-state index in [-0.39, 0.29) is 12.2 Å². The lowest BCUT2D eigenvalue weighted by atomic mass is 9.95. The molecule has 0 bridgehead atoms. The largest absolute Gasteiger partial charge is 0.352 e. The van der Waals surface area contributed by atoms with Crippen molar-refractivity contribution in [2.24, 2.45) is 5.92 Å². The molecule has 0 amide bonds. The Balaban J connectivity index is 2.09. The number of hydrogen-bond donors (Lipinski definition) is 0.